The molecule has 1 saturated carbocycles. The molecule has 0 amide bonds. The second-order valence-electron chi connectivity index (χ2n) is 5.61. The number of nitrogens with one attached hydrogen (secondary N) is 1. The lowest BCUT2D eigenvalue weighted by atomic mass is 10.2. The van der Waals surface area contributed by atoms with Crippen LogP contribution in [0.2, 0.25) is 0 Å². The maximum atomic E-state index is 3.67. The van der Waals surface area contributed by atoms with Gasteiger partial charge in [0.2, 0.25) is 0 Å². The van der Waals surface area contributed by atoms with Gasteiger partial charge in [-0.25, -0.2) is 0 Å². The van der Waals surface area contributed by atoms with Crippen molar-refractivity contribution in [2.24, 2.45) is 5.92 Å². The lowest BCUT2D eigenvalue weighted by Gasteiger charge is -2.21. The Labute approximate surface area is 118 Å². The minimum absolute atomic E-state index is 0.780. The van der Waals surface area contributed by atoms with Gasteiger partial charge in [-0.2, -0.15) is 0 Å². The summed E-state index contributed by atoms with van der Waals surface area (Å²) in [7, 11) is 0. The number of nitrogens with zero attached hydrogens (tertiary/aromatic N) is 1. The third-order valence-electron chi connectivity index (χ3n) is 4.22. The Balaban J connectivity index is 1.79. The first kappa shape index (κ1) is 14.4. The first-order valence-corrected chi connectivity index (χ1v) is 7.85. The van der Waals surface area contributed by atoms with Crippen LogP contribution in [0.25, 0.3) is 0 Å². The molecule has 0 spiro atoms. The summed E-state index contributed by atoms with van der Waals surface area (Å²) in [5.41, 5.74) is 2.74. The van der Waals surface area contributed by atoms with E-state index in [0.717, 1.165) is 31.6 Å². The first-order chi connectivity index (χ1) is 9.28. The summed E-state index contributed by atoms with van der Waals surface area (Å²) in [5, 5.41) is 3.67. The summed E-state index contributed by atoms with van der Waals surface area (Å²) in [5.74, 6) is 0.944. The van der Waals surface area contributed by atoms with Gasteiger partial charge in [-0.15, -0.1) is 0 Å². The summed E-state index contributed by atoms with van der Waals surface area (Å²) in [4.78, 5) is 2.38. The topological polar surface area (TPSA) is 15.3 Å². The number of hydrogen-bond donors (Lipinski definition) is 1. The molecule has 0 heterocycles. The van der Waals surface area contributed by atoms with Crippen molar-refractivity contribution in [1.82, 2.24) is 5.32 Å². The van der Waals surface area contributed by atoms with Gasteiger partial charge >= 0.3 is 0 Å². The Bertz CT molecular complexity index is 367. The van der Waals surface area contributed by atoms with E-state index >= 15 is 0 Å². The van der Waals surface area contributed by atoms with Crippen LogP contribution in [-0.2, 0) is 6.54 Å². The largest absolute Gasteiger partial charge is 0.372 e. The van der Waals surface area contributed by atoms with Crippen LogP contribution in [0.15, 0.2) is 24.3 Å². The predicted molar refractivity (Wildman–Crippen MR) is 83.6 cm³/mol. The highest BCUT2D eigenvalue weighted by Gasteiger charge is 2.35. The van der Waals surface area contributed by atoms with Crippen LogP contribution in [0.3, 0.4) is 0 Å². The van der Waals surface area contributed by atoms with Gasteiger partial charge in [-0.1, -0.05) is 25.5 Å². The Morgan fingerprint density at radius 2 is 1.79 bits per heavy atom. The molecule has 0 radical (unpaired) electrons. The summed E-state index contributed by atoms with van der Waals surface area (Å²) < 4.78 is 0. The molecule has 1 N–H and O–H groups in total. The van der Waals surface area contributed by atoms with E-state index in [0.29, 0.717) is 0 Å². The minimum atomic E-state index is 0.780. The van der Waals surface area contributed by atoms with Gasteiger partial charge in [0.05, 0.1) is 0 Å². The molecule has 2 rings (SSSR count). The molecule has 1 aliphatic carbocycles. The van der Waals surface area contributed by atoms with Crippen LogP contribution < -0.4 is 10.2 Å². The van der Waals surface area contributed by atoms with Crippen LogP contribution in [-0.4, -0.2) is 19.1 Å². The molecule has 0 bridgehead atoms. The fourth-order valence-corrected chi connectivity index (χ4v) is 2.85. The van der Waals surface area contributed by atoms with Gasteiger partial charge in [0, 0.05) is 31.4 Å². The summed E-state index contributed by atoms with van der Waals surface area (Å²) >= 11 is 0. The Morgan fingerprint density at radius 1 is 1.11 bits per heavy atom. The van der Waals surface area contributed by atoms with Crippen molar-refractivity contribution < 1.29 is 0 Å². The van der Waals surface area contributed by atoms with Crippen molar-refractivity contribution >= 4 is 5.69 Å². The van der Waals surface area contributed by atoms with E-state index in [4.69, 9.17) is 0 Å². The van der Waals surface area contributed by atoms with Crippen LogP contribution in [0.4, 0.5) is 5.69 Å². The second kappa shape index (κ2) is 6.95. The third-order valence-corrected chi connectivity index (χ3v) is 4.22. The van der Waals surface area contributed by atoms with Gasteiger partial charge in [-0.05, 0) is 50.3 Å². The van der Waals surface area contributed by atoms with E-state index in [1.807, 2.05) is 0 Å². The third kappa shape index (κ3) is 3.97. The molecule has 19 heavy (non-hydrogen) atoms. The number of rotatable bonds is 8. The average molecular weight is 260 g/mol. The monoisotopic (exact) mass is 260 g/mol. The maximum Gasteiger partial charge on any atom is 0.0366 e. The molecule has 1 fully saturated rings. The zero-order valence-corrected chi connectivity index (χ0v) is 12.7. The standard InChI is InChI=1S/C17H28N2/c1-4-7-15-12-17(15)18-13-14-8-10-16(11-9-14)19(5-2)6-3/h8-11,15,17-18H,4-7,12-13H2,1-3H3. The van der Waals surface area contributed by atoms with Crippen LogP contribution >= 0.6 is 0 Å². The second-order valence-corrected chi connectivity index (χ2v) is 5.61. The normalized spacial score (nSPS) is 21.4. The Morgan fingerprint density at radius 3 is 2.37 bits per heavy atom. The lowest BCUT2D eigenvalue weighted by Crippen LogP contribution is -2.22. The highest BCUT2D eigenvalue weighted by Crippen LogP contribution is 2.34. The smallest absolute Gasteiger partial charge is 0.0366 e. The van der Waals surface area contributed by atoms with Crippen molar-refractivity contribution in [1.29, 1.82) is 0 Å². The van der Waals surface area contributed by atoms with Gasteiger partial charge in [0.15, 0.2) is 0 Å². The highest BCUT2D eigenvalue weighted by molar-refractivity contribution is 5.47. The molecule has 2 heteroatoms. The van der Waals surface area contributed by atoms with E-state index in [9.17, 15) is 0 Å². The molecular formula is C17H28N2. The average Bonchev–Trinajstić information content (AvgIpc) is 3.18. The molecule has 0 saturated heterocycles. The maximum absolute atomic E-state index is 3.67. The quantitative estimate of drug-likeness (QED) is 0.764. The fraction of sp³-hybridized carbons (Fsp3) is 0.647. The van der Waals surface area contributed by atoms with Crippen LogP contribution in [0.1, 0.15) is 45.6 Å². The van der Waals surface area contributed by atoms with Gasteiger partial charge in [0.25, 0.3) is 0 Å². The van der Waals surface area contributed by atoms with E-state index in [1.165, 1.54) is 30.5 Å². The fourth-order valence-electron chi connectivity index (χ4n) is 2.85. The molecule has 2 unspecified atom stereocenters. The van der Waals surface area contributed by atoms with Crippen molar-refractivity contribution in [3.05, 3.63) is 29.8 Å². The Hall–Kier alpha value is -1.02. The molecule has 2 atom stereocenters. The van der Waals surface area contributed by atoms with E-state index < -0.39 is 0 Å². The summed E-state index contributed by atoms with van der Waals surface area (Å²) in [6.07, 6.45) is 4.09. The van der Waals surface area contributed by atoms with Gasteiger partial charge in [-0.3, -0.25) is 0 Å². The van der Waals surface area contributed by atoms with Crippen molar-refractivity contribution in [2.75, 3.05) is 18.0 Å². The first-order valence-electron chi connectivity index (χ1n) is 7.85. The number of benzene rings is 1. The molecular weight excluding hydrogens is 232 g/mol. The van der Waals surface area contributed by atoms with E-state index in [1.54, 1.807) is 0 Å². The molecule has 1 aromatic rings. The van der Waals surface area contributed by atoms with Gasteiger partial charge in [0.1, 0.15) is 0 Å². The highest BCUT2D eigenvalue weighted by atomic mass is 15.1. The zero-order chi connectivity index (χ0) is 13.7. The summed E-state index contributed by atoms with van der Waals surface area (Å²) in [6.45, 7) is 9.87. The molecule has 106 valence electrons. The summed E-state index contributed by atoms with van der Waals surface area (Å²) in [6, 6.07) is 9.80. The Kier molecular flexibility index (Phi) is 5.26. The molecule has 1 aliphatic rings. The lowest BCUT2D eigenvalue weighted by molar-refractivity contribution is 0.599. The molecule has 2 nitrogen and oxygen atoms in total. The SMILES string of the molecule is CCCC1CC1NCc1ccc(N(CC)CC)cc1. The predicted octanol–water partition coefficient (Wildman–Crippen LogP) is 3.81. The van der Waals surface area contributed by atoms with Gasteiger partial charge < -0.3 is 10.2 Å². The number of hydrogen-bond acceptors (Lipinski definition) is 2. The zero-order valence-electron chi connectivity index (χ0n) is 12.7. The van der Waals surface area contributed by atoms with Crippen LogP contribution in [0, 0.1) is 5.92 Å². The van der Waals surface area contributed by atoms with Crippen molar-refractivity contribution in [2.45, 2.75) is 52.6 Å². The van der Waals surface area contributed by atoms with E-state index in [-0.39, 0.29) is 0 Å². The molecule has 0 aromatic heterocycles. The van der Waals surface area contributed by atoms with Crippen LogP contribution in [0.5, 0.6) is 0 Å². The minimum Gasteiger partial charge on any atom is -0.372 e. The van der Waals surface area contributed by atoms with E-state index in [2.05, 4.69) is 55.3 Å². The van der Waals surface area contributed by atoms with Crippen molar-refractivity contribution in [3.8, 4) is 0 Å². The number of anilines is 1. The molecule has 0 aliphatic heterocycles. The van der Waals surface area contributed by atoms with Crippen molar-refractivity contribution in [3.63, 3.8) is 0 Å². The molecule has 1 aromatic carbocycles.